The Hall–Kier alpha value is -0.780. The summed E-state index contributed by atoms with van der Waals surface area (Å²) in [5.74, 6) is 1.01. The summed E-state index contributed by atoms with van der Waals surface area (Å²) in [5.41, 5.74) is 8.11. The zero-order valence-corrected chi connectivity index (χ0v) is 13.0. The number of nitrogens with zero attached hydrogens (tertiary/aromatic N) is 1. The molecule has 0 bridgehead atoms. The Morgan fingerprint density at radius 3 is 3.00 bits per heavy atom. The van der Waals surface area contributed by atoms with Gasteiger partial charge >= 0.3 is 0 Å². The van der Waals surface area contributed by atoms with E-state index in [0.717, 1.165) is 36.8 Å². The van der Waals surface area contributed by atoms with Crippen LogP contribution in [0.1, 0.15) is 19.4 Å². The van der Waals surface area contributed by atoms with E-state index in [1.54, 1.807) is 11.8 Å². The van der Waals surface area contributed by atoms with Crippen molar-refractivity contribution in [1.82, 2.24) is 0 Å². The van der Waals surface area contributed by atoms with Crippen molar-refractivity contribution in [3.63, 3.8) is 0 Å². The third-order valence-corrected chi connectivity index (χ3v) is 4.37. The van der Waals surface area contributed by atoms with Crippen LogP contribution in [0.2, 0.25) is 0 Å². The highest BCUT2D eigenvalue weighted by Gasteiger charge is 2.23. The first-order valence-electron chi connectivity index (χ1n) is 6.55. The molecular formula is C14H20N2OS2. The van der Waals surface area contributed by atoms with E-state index >= 15 is 0 Å². The standard InChI is InChI=1S/C14H20N2OS2/c1-3-19-12-6-4-5-11(13(12)14(15)18)16-7-8-17-9-10(16)2/h4-6,10H,3,7-9H2,1-2H3,(H2,15,18). The quantitative estimate of drug-likeness (QED) is 0.683. The monoisotopic (exact) mass is 296 g/mol. The average Bonchev–Trinajstić information content (AvgIpc) is 2.39. The maximum atomic E-state index is 5.96. The Bertz CT molecular complexity index is 465. The summed E-state index contributed by atoms with van der Waals surface area (Å²) in [6.07, 6.45) is 0. The van der Waals surface area contributed by atoms with E-state index in [-0.39, 0.29) is 0 Å². The molecule has 1 unspecified atom stereocenters. The average molecular weight is 296 g/mol. The predicted molar refractivity (Wildman–Crippen MR) is 86.4 cm³/mol. The summed E-state index contributed by atoms with van der Waals surface area (Å²) in [6, 6.07) is 6.63. The molecule has 0 amide bonds. The van der Waals surface area contributed by atoms with Gasteiger partial charge in [0.2, 0.25) is 0 Å². The molecule has 2 N–H and O–H groups in total. The van der Waals surface area contributed by atoms with Crippen molar-refractivity contribution < 1.29 is 4.74 Å². The highest BCUT2D eigenvalue weighted by molar-refractivity contribution is 7.99. The molecule has 1 atom stereocenters. The third-order valence-electron chi connectivity index (χ3n) is 3.23. The van der Waals surface area contributed by atoms with Crippen molar-refractivity contribution in [2.24, 2.45) is 5.73 Å². The number of rotatable bonds is 4. The van der Waals surface area contributed by atoms with Crippen LogP contribution in [0.3, 0.4) is 0 Å². The minimum Gasteiger partial charge on any atom is -0.389 e. The molecule has 1 aliphatic rings. The molecule has 3 nitrogen and oxygen atoms in total. The fourth-order valence-electron chi connectivity index (χ4n) is 2.37. The fraction of sp³-hybridized carbons (Fsp3) is 0.500. The normalized spacial score (nSPS) is 19.5. The third kappa shape index (κ3) is 3.22. The van der Waals surface area contributed by atoms with Crippen molar-refractivity contribution >= 4 is 34.7 Å². The van der Waals surface area contributed by atoms with Gasteiger partial charge in [0.1, 0.15) is 4.99 Å². The van der Waals surface area contributed by atoms with Crippen LogP contribution in [0.4, 0.5) is 5.69 Å². The summed E-state index contributed by atoms with van der Waals surface area (Å²) in [7, 11) is 0. The predicted octanol–water partition coefficient (Wildman–Crippen LogP) is 2.66. The van der Waals surface area contributed by atoms with Crippen molar-refractivity contribution in [1.29, 1.82) is 0 Å². The van der Waals surface area contributed by atoms with E-state index in [9.17, 15) is 0 Å². The zero-order chi connectivity index (χ0) is 13.8. The Balaban J connectivity index is 2.43. The summed E-state index contributed by atoms with van der Waals surface area (Å²) < 4.78 is 5.50. The van der Waals surface area contributed by atoms with Gasteiger partial charge in [-0.3, -0.25) is 0 Å². The van der Waals surface area contributed by atoms with Crippen LogP contribution in [-0.2, 0) is 4.74 Å². The van der Waals surface area contributed by atoms with Crippen molar-refractivity contribution in [3.05, 3.63) is 23.8 Å². The lowest BCUT2D eigenvalue weighted by atomic mass is 10.1. The molecule has 1 aliphatic heterocycles. The summed E-state index contributed by atoms with van der Waals surface area (Å²) in [5, 5.41) is 0. The molecule has 0 aliphatic carbocycles. The van der Waals surface area contributed by atoms with E-state index in [4.69, 9.17) is 22.7 Å². The van der Waals surface area contributed by atoms with E-state index < -0.39 is 0 Å². The Labute approximate surface area is 124 Å². The molecule has 1 aromatic carbocycles. The van der Waals surface area contributed by atoms with Gasteiger partial charge in [-0.25, -0.2) is 0 Å². The van der Waals surface area contributed by atoms with Crippen molar-refractivity contribution in [3.8, 4) is 0 Å². The number of thioether (sulfide) groups is 1. The number of ether oxygens (including phenoxy) is 1. The van der Waals surface area contributed by atoms with Gasteiger partial charge in [0, 0.05) is 28.7 Å². The second kappa shape index (κ2) is 6.59. The molecule has 1 aromatic rings. The summed E-state index contributed by atoms with van der Waals surface area (Å²) in [6.45, 7) is 6.70. The van der Waals surface area contributed by atoms with Gasteiger partial charge in [0.15, 0.2) is 0 Å². The van der Waals surface area contributed by atoms with Gasteiger partial charge < -0.3 is 15.4 Å². The fourth-order valence-corrected chi connectivity index (χ4v) is 3.49. The summed E-state index contributed by atoms with van der Waals surface area (Å²) in [4.78, 5) is 3.99. The van der Waals surface area contributed by atoms with Crippen LogP contribution >= 0.6 is 24.0 Å². The minimum absolute atomic E-state index is 0.351. The zero-order valence-electron chi connectivity index (χ0n) is 11.4. The van der Waals surface area contributed by atoms with Gasteiger partial charge in [-0.1, -0.05) is 25.2 Å². The van der Waals surface area contributed by atoms with Crippen LogP contribution in [-0.4, -0.2) is 36.5 Å². The van der Waals surface area contributed by atoms with E-state index in [2.05, 4.69) is 36.9 Å². The number of hydrogen-bond acceptors (Lipinski definition) is 4. The van der Waals surface area contributed by atoms with Crippen LogP contribution in [0.15, 0.2) is 23.1 Å². The van der Waals surface area contributed by atoms with Crippen LogP contribution in [0.25, 0.3) is 0 Å². The number of anilines is 1. The molecular weight excluding hydrogens is 276 g/mol. The lowest BCUT2D eigenvalue weighted by Crippen LogP contribution is -2.44. The van der Waals surface area contributed by atoms with Crippen molar-refractivity contribution in [2.45, 2.75) is 24.8 Å². The Morgan fingerprint density at radius 2 is 2.37 bits per heavy atom. The SMILES string of the molecule is CCSc1cccc(N2CCOCC2C)c1C(N)=S. The molecule has 104 valence electrons. The van der Waals surface area contributed by atoms with Gasteiger partial charge in [-0.2, -0.15) is 0 Å². The second-order valence-corrected chi connectivity index (χ2v) is 6.31. The first-order chi connectivity index (χ1) is 9.15. The molecule has 0 saturated carbocycles. The van der Waals surface area contributed by atoms with E-state index in [0.29, 0.717) is 11.0 Å². The molecule has 1 fully saturated rings. The number of nitrogens with two attached hydrogens (primary N) is 1. The van der Waals surface area contributed by atoms with E-state index in [1.807, 2.05) is 0 Å². The van der Waals surface area contributed by atoms with Gasteiger partial charge in [-0.05, 0) is 24.8 Å². The van der Waals surface area contributed by atoms with E-state index in [1.165, 1.54) is 4.90 Å². The van der Waals surface area contributed by atoms with Gasteiger partial charge in [-0.15, -0.1) is 11.8 Å². The van der Waals surface area contributed by atoms with Crippen molar-refractivity contribution in [2.75, 3.05) is 30.4 Å². The maximum absolute atomic E-state index is 5.96. The number of morpholine rings is 1. The van der Waals surface area contributed by atoms with Crippen LogP contribution in [0, 0.1) is 0 Å². The molecule has 0 spiro atoms. The largest absolute Gasteiger partial charge is 0.389 e. The molecule has 5 heteroatoms. The lowest BCUT2D eigenvalue weighted by molar-refractivity contribution is 0.0989. The van der Waals surface area contributed by atoms with Gasteiger partial charge in [0.05, 0.1) is 13.2 Å². The number of benzene rings is 1. The molecule has 1 saturated heterocycles. The minimum atomic E-state index is 0.351. The summed E-state index contributed by atoms with van der Waals surface area (Å²) >= 11 is 7.05. The second-order valence-electron chi connectivity index (χ2n) is 4.56. The highest BCUT2D eigenvalue weighted by atomic mass is 32.2. The van der Waals surface area contributed by atoms with Crippen LogP contribution in [0.5, 0.6) is 0 Å². The topological polar surface area (TPSA) is 38.5 Å². The maximum Gasteiger partial charge on any atom is 0.107 e. The molecule has 0 radical (unpaired) electrons. The smallest absolute Gasteiger partial charge is 0.107 e. The molecule has 2 rings (SSSR count). The molecule has 19 heavy (non-hydrogen) atoms. The lowest BCUT2D eigenvalue weighted by Gasteiger charge is -2.36. The number of hydrogen-bond donors (Lipinski definition) is 1. The highest BCUT2D eigenvalue weighted by Crippen LogP contribution is 2.32. The number of thiocarbonyl (C=S) groups is 1. The Kier molecular flexibility index (Phi) is 5.07. The molecule has 1 heterocycles. The molecule has 0 aromatic heterocycles. The first kappa shape index (κ1) is 14.6. The Morgan fingerprint density at radius 1 is 1.58 bits per heavy atom. The van der Waals surface area contributed by atoms with Crippen LogP contribution < -0.4 is 10.6 Å². The first-order valence-corrected chi connectivity index (χ1v) is 7.94. The van der Waals surface area contributed by atoms with Gasteiger partial charge in [0.25, 0.3) is 0 Å².